The molecule has 0 radical (unpaired) electrons. The first-order valence-electron chi connectivity index (χ1n) is 7.98. The molecule has 21 heavy (non-hydrogen) atoms. The fourth-order valence-electron chi connectivity index (χ4n) is 3.43. The molecule has 2 aliphatic rings. The summed E-state index contributed by atoms with van der Waals surface area (Å²) in [6.45, 7) is 8.58. The second-order valence-corrected chi connectivity index (χ2v) is 8.59. The lowest BCUT2D eigenvalue weighted by Gasteiger charge is -2.36. The molecule has 2 nitrogen and oxygen atoms in total. The maximum atomic E-state index is 5.95. The van der Waals surface area contributed by atoms with Crippen molar-refractivity contribution in [1.29, 1.82) is 0 Å². The van der Waals surface area contributed by atoms with Crippen molar-refractivity contribution in [3.8, 4) is 0 Å². The van der Waals surface area contributed by atoms with Crippen LogP contribution in [0.2, 0.25) is 5.02 Å². The molecule has 1 atom stereocenters. The summed E-state index contributed by atoms with van der Waals surface area (Å²) in [6, 6.07) is 8.27. The van der Waals surface area contributed by atoms with Crippen molar-refractivity contribution in [3.05, 3.63) is 29.3 Å². The fourth-order valence-corrected chi connectivity index (χ4v) is 4.68. The van der Waals surface area contributed by atoms with Gasteiger partial charge in [0.1, 0.15) is 0 Å². The van der Waals surface area contributed by atoms with E-state index in [1.165, 1.54) is 56.9 Å². The fraction of sp³-hybridized carbons (Fsp3) is 0.647. The number of hydrogen-bond acceptors (Lipinski definition) is 3. The van der Waals surface area contributed by atoms with Gasteiger partial charge in [-0.25, -0.2) is 0 Å². The summed E-state index contributed by atoms with van der Waals surface area (Å²) in [5.41, 5.74) is 0.496. The van der Waals surface area contributed by atoms with Gasteiger partial charge in [-0.1, -0.05) is 18.5 Å². The lowest BCUT2D eigenvalue weighted by molar-refractivity contribution is 0.155. The van der Waals surface area contributed by atoms with Gasteiger partial charge in [0.05, 0.1) is 0 Å². The minimum Gasteiger partial charge on any atom is -0.316 e. The summed E-state index contributed by atoms with van der Waals surface area (Å²) < 4.78 is 0. The van der Waals surface area contributed by atoms with E-state index in [0.29, 0.717) is 5.41 Å². The van der Waals surface area contributed by atoms with Crippen molar-refractivity contribution < 1.29 is 0 Å². The molecule has 1 aromatic carbocycles. The summed E-state index contributed by atoms with van der Waals surface area (Å²) in [6.07, 6.45) is 3.93. The third-order valence-electron chi connectivity index (χ3n) is 4.71. The van der Waals surface area contributed by atoms with Gasteiger partial charge in [-0.05, 0) is 68.6 Å². The monoisotopic (exact) mass is 324 g/mol. The quantitative estimate of drug-likeness (QED) is 0.904. The summed E-state index contributed by atoms with van der Waals surface area (Å²) >= 11 is 7.97. The van der Waals surface area contributed by atoms with Crippen LogP contribution in [0.4, 0.5) is 0 Å². The maximum Gasteiger partial charge on any atom is 0.0406 e. The Labute approximate surface area is 137 Å². The summed E-state index contributed by atoms with van der Waals surface area (Å²) in [4.78, 5) is 4.02. The molecule has 1 N–H and O–H groups in total. The van der Waals surface area contributed by atoms with Gasteiger partial charge < -0.3 is 10.2 Å². The Bertz CT molecular complexity index is 448. The number of halogens is 1. The predicted molar refractivity (Wildman–Crippen MR) is 92.4 cm³/mol. The second kappa shape index (κ2) is 6.91. The van der Waals surface area contributed by atoms with Crippen LogP contribution >= 0.6 is 23.4 Å². The average molecular weight is 325 g/mol. The van der Waals surface area contributed by atoms with Crippen LogP contribution in [-0.4, -0.2) is 42.9 Å². The van der Waals surface area contributed by atoms with Crippen LogP contribution in [0.15, 0.2) is 29.2 Å². The topological polar surface area (TPSA) is 15.3 Å². The second-order valence-electron chi connectivity index (χ2n) is 6.78. The molecule has 2 heterocycles. The van der Waals surface area contributed by atoms with E-state index in [1.54, 1.807) is 0 Å². The summed E-state index contributed by atoms with van der Waals surface area (Å²) in [7, 11) is 0. The number of hydrogen-bond donors (Lipinski definition) is 1. The van der Waals surface area contributed by atoms with Gasteiger partial charge in [-0.3, -0.25) is 0 Å². The Kier molecular flexibility index (Phi) is 5.15. The third kappa shape index (κ3) is 4.38. The number of nitrogens with zero attached hydrogens (tertiary/aromatic N) is 1. The van der Waals surface area contributed by atoms with E-state index in [-0.39, 0.29) is 0 Å². The molecule has 0 spiro atoms. The summed E-state index contributed by atoms with van der Waals surface area (Å²) in [5.74, 6) is 0. The molecule has 1 unspecified atom stereocenters. The smallest absolute Gasteiger partial charge is 0.0406 e. The van der Waals surface area contributed by atoms with E-state index in [4.69, 9.17) is 11.6 Å². The molecule has 4 heteroatoms. The van der Waals surface area contributed by atoms with Gasteiger partial charge in [-0.2, -0.15) is 0 Å². The van der Waals surface area contributed by atoms with Crippen molar-refractivity contribution >= 4 is 23.4 Å². The average Bonchev–Trinajstić information content (AvgIpc) is 2.90. The van der Waals surface area contributed by atoms with Crippen molar-refractivity contribution in [1.82, 2.24) is 10.2 Å². The molecule has 0 amide bonds. The Hall–Kier alpha value is -0.220. The summed E-state index contributed by atoms with van der Waals surface area (Å²) in [5, 5.41) is 5.09. The number of nitrogens with one attached hydrogen (secondary N) is 1. The van der Waals surface area contributed by atoms with Crippen molar-refractivity contribution in [2.45, 2.75) is 36.3 Å². The van der Waals surface area contributed by atoms with E-state index >= 15 is 0 Å². The van der Waals surface area contributed by atoms with E-state index in [0.717, 1.165) is 10.3 Å². The molecular weight excluding hydrogens is 300 g/mol. The largest absolute Gasteiger partial charge is 0.316 e. The first-order valence-corrected chi connectivity index (χ1v) is 9.24. The van der Waals surface area contributed by atoms with Crippen molar-refractivity contribution in [3.63, 3.8) is 0 Å². The highest BCUT2D eigenvalue weighted by atomic mass is 35.5. The van der Waals surface area contributed by atoms with Gasteiger partial charge >= 0.3 is 0 Å². The van der Waals surface area contributed by atoms with Gasteiger partial charge in [0.2, 0.25) is 0 Å². The van der Waals surface area contributed by atoms with Gasteiger partial charge in [0.25, 0.3) is 0 Å². The standard InChI is InChI=1S/C17H25ClN2S/c1-17(8-9-19-12-17)13-20-10-6-16(7-11-20)21-15-4-2-14(18)3-5-15/h2-5,16,19H,6-13H2,1H3. The van der Waals surface area contributed by atoms with Crippen LogP contribution in [0.3, 0.4) is 0 Å². The minimum atomic E-state index is 0.496. The van der Waals surface area contributed by atoms with Crippen LogP contribution in [0, 0.1) is 5.41 Å². The molecule has 0 aliphatic carbocycles. The lowest BCUT2D eigenvalue weighted by atomic mass is 9.88. The number of likely N-dealkylation sites (tertiary alicyclic amines) is 1. The highest BCUT2D eigenvalue weighted by Crippen LogP contribution is 2.33. The molecule has 3 rings (SSSR count). The van der Waals surface area contributed by atoms with Gasteiger partial charge in [-0.15, -0.1) is 11.8 Å². The normalized spacial score (nSPS) is 28.1. The maximum absolute atomic E-state index is 5.95. The molecule has 0 saturated carbocycles. The number of benzene rings is 1. The first-order chi connectivity index (χ1) is 10.1. The molecule has 1 aromatic rings. The van der Waals surface area contributed by atoms with E-state index < -0.39 is 0 Å². The van der Waals surface area contributed by atoms with Crippen molar-refractivity contribution in [2.75, 3.05) is 32.7 Å². The number of piperidine rings is 1. The Balaban J connectivity index is 1.45. The van der Waals surface area contributed by atoms with Crippen LogP contribution < -0.4 is 5.32 Å². The molecular formula is C17H25ClN2S. The first kappa shape index (κ1) is 15.7. The molecule has 2 fully saturated rings. The zero-order valence-electron chi connectivity index (χ0n) is 12.8. The number of thioether (sulfide) groups is 1. The Morgan fingerprint density at radius 3 is 2.62 bits per heavy atom. The molecule has 116 valence electrons. The Morgan fingerprint density at radius 2 is 2.00 bits per heavy atom. The SMILES string of the molecule is CC1(CN2CCC(Sc3ccc(Cl)cc3)CC2)CCNC1. The van der Waals surface area contributed by atoms with Crippen LogP contribution in [0.1, 0.15) is 26.2 Å². The van der Waals surface area contributed by atoms with Gasteiger partial charge in [0.15, 0.2) is 0 Å². The van der Waals surface area contributed by atoms with Crippen LogP contribution in [0.5, 0.6) is 0 Å². The molecule has 2 saturated heterocycles. The van der Waals surface area contributed by atoms with E-state index in [2.05, 4.69) is 29.3 Å². The molecule has 2 aliphatic heterocycles. The molecule has 0 aromatic heterocycles. The Morgan fingerprint density at radius 1 is 1.29 bits per heavy atom. The van der Waals surface area contributed by atoms with Crippen LogP contribution in [0.25, 0.3) is 0 Å². The zero-order valence-corrected chi connectivity index (χ0v) is 14.3. The minimum absolute atomic E-state index is 0.496. The highest BCUT2D eigenvalue weighted by Gasteiger charge is 2.32. The van der Waals surface area contributed by atoms with Crippen LogP contribution in [-0.2, 0) is 0 Å². The third-order valence-corrected chi connectivity index (χ3v) is 6.31. The zero-order chi connectivity index (χ0) is 14.7. The lowest BCUT2D eigenvalue weighted by Crippen LogP contribution is -2.42. The van der Waals surface area contributed by atoms with E-state index in [1.807, 2.05) is 23.9 Å². The predicted octanol–water partition coefficient (Wildman–Crippen LogP) is 3.90. The highest BCUT2D eigenvalue weighted by molar-refractivity contribution is 8.00. The van der Waals surface area contributed by atoms with Gasteiger partial charge in [0, 0.05) is 28.3 Å². The number of rotatable bonds is 4. The van der Waals surface area contributed by atoms with E-state index in [9.17, 15) is 0 Å². The van der Waals surface area contributed by atoms with Crippen molar-refractivity contribution in [2.24, 2.45) is 5.41 Å². The molecule has 0 bridgehead atoms.